The number of hydrogen-bond donors (Lipinski definition) is 1. The van der Waals surface area contributed by atoms with Crippen LogP contribution >= 0.6 is 0 Å². The van der Waals surface area contributed by atoms with E-state index in [0.29, 0.717) is 30.3 Å². The molecule has 7 nitrogen and oxygen atoms in total. The van der Waals surface area contributed by atoms with Gasteiger partial charge in [-0.05, 0) is 36.3 Å². The molecule has 2 aromatic carbocycles. The molecule has 0 aromatic heterocycles. The Kier molecular flexibility index (Phi) is 8.65. The second-order valence-corrected chi connectivity index (χ2v) is 7.50. The van der Waals surface area contributed by atoms with Gasteiger partial charge >= 0.3 is 0 Å². The molecule has 1 unspecified atom stereocenters. The summed E-state index contributed by atoms with van der Waals surface area (Å²) >= 11 is 0. The number of benzene rings is 2. The first-order chi connectivity index (χ1) is 16.5. The van der Waals surface area contributed by atoms with Crippen LogP contribution in [-0.4, -0.2) is 55.2 Å². The number of amides is 1. The van der Waals surface area contributed by atoms with E-state index in [1.54, 1.807) is 30.4 Å². The first-order valence-electron chi connectivity index (χ1n) is 11.0. The number of allylic oxidation sites excluding steroid dienone is 1. The van der Waals surface area contributed by atoms with Gasteiger partial charge in [-0.3, -0.25) is 9.59 Å². The van der Waals surface area contributed by atoms with Crippen LogP contribution in [0.1, 0.15) is 24.1 Å². The lowest BCUT2D eigenvalue weighted by atomic mass is 9.95. The molecule has 0 fully saturated rings. The van der Waals surface area contributed by atoms with Crippen LogP contribution in [-0.2, 0) is 14.3 Å². The summed E-state index contributed by atoms with van der Waals surface area (Å²) in [5, 5.41) is 10.7. The number of ketones is 1. The van der Waals surface area contributed by atoms with Crippen molar-refractivity contribution >= 4 is 17.8 Å². The number of nitrogens with zero attached hydrogens (tertiary/aromatic N) is 1. The fraction of sp³-hybridized carbons (Fsp3) is 0.259. The zero-order chi connectivity index (χ0) is 24.5. The second kappa shape index (κ2) is 11.9. The highest BCUT2D eigenvalue weighted by atomic mass is 16.5. The van der Waals surface area contributed by atoms with Crippen LogP contribution in [0, 0.1) is 0 Å². The van der Waals surface area contributed by atoms with Gasteiger partial charge in [0.2, 0.25) is 0 Å². The number of carbonyl (C=O) groups is 2. The van der Waals surface area contributed by atoms with Gasteiger partial charge in [0, 0.05) is 13.7 Å². The fourth-order valence-corrected chi connectivity index (χ4v) is 3.73. The minimum Gasteiger partial charge on any atom is -0.503 e. The smallest absolute Gasteiger partial charge is 0.290 e. The van der Waals surface area contributed by atoms with Crippen molar-refractivity contribution in [2.24, 2.45) is 0 Å². The third kappa shape index (κ3) is 5.55. The zero-order valence-electron chi connectivity index (χ0n) is 19.4. The van der Waals surface area contributed by atoms with Crippen LogP contribution in [0.2, 0.25) is 0 Å². The predicted octanol–water partition coefficient (Wildman–Crippen LogP) is 4.27. The number of rotatable bonds is 12. The van der Waals surface area contributed by atoms with Gasteiger partial charge in [-0.15, -0.1) is 0 Å². The lowest BCUT2D eigenvalue weighted by Crippen LogP contribution is -2.33. The van der Waals surface area contributed by atoms with Gasteiger partial charge in [0.1, 0.15) is 6.61 Å². The fourth-order valence-electron chi connectivity index (χ4n) is 3.73. The summed E-state index contributed by atoms with van der Waals surface area (Å²) in [5.41, 5.74) is 1.45. The molecule has 0 aliphatic carbocycles. The standard InChI is InChI=1S/C27H29NO6/c1-4-16-34-22-14-12-20(18-23(22)33-5-2)25-24(26(30)27(31)28(25)15-17-32-3)21(29)13-11-19-9-7-6-8-10-19/h4,6-14,18,25,30H,1,5,15-17H2,2-3H3. The Labute approximate surface area is 199 Å². The summed E-state index contributed by atoms with van der Waals surface area (Å²) in [5.74, 6) is -0.649. The maximum atomic E-state index is 13.2. The molecule has 1 N–H and O–H groups in total. The Bertz CT molecular complexity index is 1090. The van der Waals surface area contributed by atoms with E-state index in [2.05, 4.69) is 6.58 Å². The minimum atomic E-state index is -0.803. The lowest BCUT2D eigenvalue weighted by Gasteiger charge is -2.27. The monoisotopic (exact) mass is 463 g/mol. The molecule has 1 atom stereocenters. The Balaban J connectivity index is 2.02. The van der Waals surface area contributed by atoms with Crippen molar-refractivity contribution in [1.82, 2.24) is 4.90 Å². The third-order valence-corrected chi connectivity index (χ3v) is 5.27. The van der Waals surface area contributed by atoms with E-state index in [-0.39, 0.29) is 18.7 Å². The molecule has 3 rings (SSSR count). The maximum absolute atomic E-state index is 13.2. The SMILES string of the molecule is C=CCOc1ccc(C2C(C(=O)C=Cc3ccccc3)=C(O)C(=O)N2CCOC)cc1OCC. The molecule has 0 spiro atoms. The first kappa shape index (κ1) is 24.8. The summed E-state index contributed by atoms with van der Waals surface area (Å²) in [6.07, 6.45) is 4.65. The normalized spacial score (nSPS) is 15.8. The number of aliphatic hydroxyl groups excluding tert-OH is 1. The summed E-state index contributed by atoms with van der Waals surface area (Å²) < 4.78 is 16.6. The van der Waals surface area contributed by atoms with Gasteiger partial charge in [0.15, 0.2) is 23.0 Å². The van der Waals surface area contributed by atoms with E-state index in [1.807, 2.05) is 37.3 Å². The van der Waals surface area contributed by atoms with Crippen molar-refractivity contribution < 1.29 is 28.9 Å². The van der Waals surface area contributed by atoms with Crippen molar-refractivity contribution in [2.75, 3.05) is 33.5 Å². The van der Waals surface area contributed by atoms with Crippen LogP contribution in [0.5, 0.6) is 11.5 Å². The highest BCUT2D eigenvalue weighted by Gasteiger charge is 2.43. The molecule has 0 saturated heterocycles. The van der Waals surface area contributed by atoms with Crippen LogP contribution in [0.25, 0.3) is 6.08 Å². The number of ether oxygens (including phenoxy) is 3. The Morgan fingerprint density at radius 1 is 1.15 bits per heavy atom. The summed E-state index contributed by atoms with van der Waals surface area (Å²) in [6, 6.07) is 13.7. The maximum Gasteiger partial charge on any atom is 0.290 e. The number of methoxy groups -OCH3 is 1. The third-order valence-electron chi connectivity index (χ3n) is 5.27. The van der Waals surface area contributed by atoms with Crippen LogP contribution in [0.15, 0.2) is 78.6 Å². The zero-order valence-corrected chi connectivity index (χ0v) is 19.4. The molecule has 34 heavy (non-hydrogen) atoms. The molecular weight excluding hydrogens is 434 g/mol. The Hall–Kier alpha value is -3.84. The van der Waals surface area contributed by atoms with Crippen molar-refractivity contribution in [2.45, 2.75) is 13.0 Å². The van der Waals surface area contributed by atoms with Gasteiger partial charge in [0.05, 0.1) is 24.8 Å². The van der Waals surface area contributed by atoms with E-state index < -0.39 is 23.5 Å². The van der Waals surface area contributed by atoms with Crippen molar-refractivity contribution in [3.8, 4) is 11.5 Å². The van der Waals surface area contributed by atoms with Gasteiger partial charge in [0.25, 0.3) is 5.91 Å². The minimum absolute atomic E-state index is 0.00972. The van der Waals surface area contributed by atoms with Crippen molar-refractivity contribution in [1.29, 1.82) is 0 Å². The van der Waals surface area contributed by atoms with Crippen molar-refractivity contribution in [3.05, 3.63) is 89.7 Å². The quantitative estimate of drug-likeness (QED) is 0.374. The molecule has 0 saturated carbocycles. The summed E-state index contributed by atoms with van der Waals surface area (Å²) in [6.45, 7) is 6.65. The van der Waals surface area contributed by atoms with E-state index >= 15 is 0 Å². The molecule has 0 radical (unpaired) electrons. The van der Waals surface area contributed by atoms with Gasteiger partial charge in [-0.2, -0.15) is 0 Å². The van der Waals surface area contributed by atoms with E-state index in [4.69, 9.17) is 14.2 Å². The summed E-state index contributed by atoms with van der Waals surface area (Å²) in [4.78, 5) is 27.6. The van der Waals surface area contributed by atoms with Crippen LogP contribution in [0.4, 0.5) is 0 Å². The number of carbonyl (C=O) groups excluding carboxylic acids is 2. The van der Waals surface area contributed by atoms with Gasteiger partial charge < -0.3 is 24.2 Å². The van der Waals surface area contributed by atoms with Gasteiger partial charge in [-0.25, -0.2) is 0 Å². The molecule has 7 heteroatoms. The van der Waals surface area contributed by atoms with E-state index in [1.165, 1.54) is 18.1 Å². The van der Waals surface area contributed by atoms with Gasteiger partial charge in [-0.1, -0.05) is 55.1 Å². The molecule has 0 bridgehead atoms. The molecule has 1 aliphatic heterocycles. The highest BCUT2D eigenvalue weighted by molar-refractivity contribution is 6.14. The average molecular weight is 464 g/mol. The lowest BCUT2D eigenvalue weighted by molar-refractivity contribution is -0.130. The van der Waals surface area contributed by atoms with Crippen molar-refractivity contribution in [3.63, 3.8) is 0 Å². The van der Waals surface area contributed by atoms with Crippen LogP contribution < -0.4 is 9.47 Å². The van der Waals surface area contributed by atoms with Crippen LogP contribution in [0.3, 0.4) is 0 Å². The number of aliphatic hydroxyl groups is 1. The second-order valence-electron chi connectivity index (χ2n) is 7.50. The molecule has 1 amide bonds. The highest BCUT2D eigenvalue weighted by Crippen LogP contribution is 2.41. The molecule has 1 aliphatic rings. The van der Waals surface area contributed by atoms with E-state index in [0.717, 1.165) is 5.56 Å². The topological polar surface area (TPSA) is 85.3 Å². The molecule has 178 valence electrons. The molecule has 2 aromatic rings. The molecule has 1 heterocycles. The predicted molar refractivity (Wildman–Crippen MR) is 130 cm³/mol. The first-order valence-corrected chi connectivity index (χ1v) is 11.0. The number of hydrogen-bond acceptors (Lipinski definition) is 6. The molecular formula is C27H29NO6. The Morgan fingerprint density at radius 3 is 2.59 bits per heavy atom. The summed E-state index contributed by atoms with van der Waals surface area (Å²) in [7, 11) is 1.52. The Morgan fingerprint density at radius 2 is 1.91 bits per heavy atom. The largest absolute Gasteiger partial charge is 0.503 e. The average Bonchev–Trinajstić information content (AvgIpc) is 3.11. The van der Waals surface area contributed by atoms with E-state index in [9.17, 15) is 14.7 Å².